The molecule has 0 radical (unpaired) electrons. The van der Waals surface area contributed by atoms with Crippen LogP contribution in [0.1, 0.15) is 6.92 Å². The monoisotopic (exact) mass is 643 g/mol. The Morgan fingerprint density at radius 3 is 1.98 bits per heavy atom. The quantitative estimate of drug-likeness (QED) is 0.223. The number of carbonyl (C=O) groups excluding carboxylic acids is 1. The molecular weight excluding hydrogens is 618 g/mol. The van der Waals surface area contributed by atoms with Crippen LogP contribution in [0.3, 0.4) is 0 Å². The zero-order valence-electron chi connectivity index (χ0n) is 21.3. The first-order valence-electron chi connectivity index (χ1n) is 12.1. The molecule has 0 fully saturated rings. The molecule has 1 amide bonds. The first-order valence-corrected chi connectivity index (χ1v) is 15.8. The van der Waals surface area contributed by atoms with Crippen molar-refractivity contribution in [3.8, 4) is 5.75 Å². The summed E-state index contributed by atoms with van der Waals surface area (Å²) in [5.41, 5.74) is 0.980. The van der Waals surface area contributed by atoms with Gasteiger partial charge in [-0.15, -0.1) is 0 Å². The van der Waals surface area contributed by atoms with Crippen molar-refractivity contribution in [2.24, 2.45) is 0 Å². The molecule has 40 heavy (non-hydrogen) atoms. The minimum atomic E-state index is -4.08. The smallest absolute Gasteiger partial charge is 0.264 e. The van der Waals surface area contributed by atoms with Gasteiger partial charge in [0.15, 0.2) is 0 Å². The normalized spacial score (nSPS) is 11.4. The number of ether oxygens (including phenoxy) is 1. The van der Waals surface area contributed by atoms with E-state index in [2.05, 4.69) is 26.0 Å². The summed E-state index contributed by atoms with van der Waals surface area (Å²) in [6.07, 6.45) is 0. The lowest BCUT2D eigenvalue weighted by Crippen LogP contribution is -2.38. The van der Waals surface area contributed by atoms with Crippen molar-refractivity contribution in [1.82, 2.24) is 0 Å². The third-order valence-corrected chi connectivity index (χ3v) is 9.31. The van der Waals surface area contributed by atoms with Crippen molar-refractivity contribution in [2.45, 2.75) is 16.7 Å². The fourth-order valence-corrected chi connectivity index (χ4v) is 6.46. The Morgan fingerprint density at radius 1 is 0.775 bits per heavy atom. The summed E-state index contributed by atoms with van der Waals surface area (Å²) >= 11 is 3.30. The van der Waals surface area contributed by atoms with E-state index in [4.69, 9.17) is 4.74 Å². The highest BCUT2D eigenvalue weighted by atomic mass is 79.9. The summed E-state index contributed by atoms with van der Waals surface area (Å²) < 4.78 is 62.2. The van der Waals surface area contributed by atoms with Crippen LogP contribution in [0.15, 0.2) is 117 Å². The molecule has 0 spiro atoms. The van der Waals surface area contributed by atoms with Crippen LogP contribution >= 0.6 is 15.9 Å². The summed E-state index contributed by atoms with van der Waals surface area (Å²) in [5.74, 6) is -0.0468. The van der Waals surface area contributed by atoms with E-state index in [9.17, 15) is 21.6 Å². The summed E-state index contributed by atoms with van der Waals surface area (Å²) in [7, 11) is -7.94. The third kappa shape index (κ3) is 7.20. The van der Waals surface area contributed by atoms with Gasteiger partial charge in [0.1, 0.15) is 12.3 Å². The molecule has 208 valence electrons. The minimum Gasteiger partial charge on any atom is -0.494 e. The molecule has 0 aromatic heterocycles. The van der Waals surface area contributed by atoms with Crippen LogP contribution in [-0.4, -0.2) is 35.9 Å². The van der Waals surface area contributed by atoms with Crippen molar-refractivity contribution in [3.05, 3.63) is 108 Å². The molecule has 0 bridgehead atoms. The summed E-state index contributed by atoms with van der Waals surface area (Å²) in [6.45, 7) is 1.77. The largest absolute Gasteiger partial charge is 0.494 e. The average molecular weight is 645 g/mol. The number of nitrogens with zero attached hydrogens (tertiary/aromatic N) is 1. The number of halogens is 1. The standard InChI is InChI=1S/C28H26BrN3O6S2/c1-2-38-25-16-14-24(15-17-25)32(40(36,37)27-6-4-3-5-7-27)20-28(33)30-22-12-18-26(19-13-22)39(34,35)31-23-10-8-21(29)9-11-23/h3-19,31H,2,20H2,1H3,(H,30,33). The van der Waals surface area contributed by atoms with Crippen molar-refractivity contribution >= 4 is 58.9 Å². The zero-order chi connectivity index (χ0) is 28.8. The van der Waals surface area contributed by atoms with Crippen LogP contribution < -0.4 is 19.1 Å². The first-order chi connectivity index (χ1) is 19.1. The fraction of sp³-hybridized carbons (Fsp3) is 0.107. The predicted octanol–water partition coefficient (Wildman–Crippen LogP) is 5.48. The third-order valence-electron chi connectivity index (χ3n) is 5.60. The molecule has 0 unspecified atom stereocenters. The van der Waals surface area contributed by atoms with E-state index in [0.29, 0.717) is 23.7 Å². The van der Waals surface area contributed by atoms with Gasteiger partial charge < -0.3 is 10.1 Å². The Kier molecular flexibility index (Phi) is 9.13. The van der Waals surface area contributed by atoms with Gasteiger partial charge in [-0.05, 0) is 91.9 Å². The van der Waals surface area contributed by atoms with Gasteiger partial charge in [-0.2, -0.15) is 0 Å². The Hall–Kier alpha value is -3.87. The fourth-order valence-electron chi connectivity index (χ4n) is 3.69. The van der Waals surface area contributed by atoms with E-state index in [1.807, 2.05) is 6.92 Å². The van der Waals surface area contributed by atoms with Gasteiger partial charge in [0.25, 0.3) is 20.0 Å². The van der Waals surface area contributed by atoms with Gasteiger partial charge in [-0.3, -0.25) is 13.8 Å². The van der Waals surface area contributed by atoms with Gasteiger partial charge in [0, 0.05) is 15.8 Å². The topological polar surface area (TPSA) is 122 Å². The minimum absolute atomic E-state index is 0.00362. The number of nitrogens with one attached hydrogen (secondary N) is 2. The lowest BCUT2D eigenvalue weighted by atomic mass is 10.3. The zero-order valence-corrected chi connectivity index (χ0v) is 24.5. The van der Waals surface area contributed by atoms with Crippen molar-refractivity contribution in [1.29, 1.82) is 0 Å². The van der Waals surface area contributed by atoms with Gasteiger partial charge in [0.05, 0.1) is 22.1 Å². The van der Waals surface area contributed by atoms with Crippen LogP contribution in [0.2, 0.25) is 0 Å². The number of hydrogen-bond donors (Lipinski definition) is 2. The lowest BCUT2D eigenvalue weighted by Gasteiger charge is -2.24. The van der Waals surface area contributed by atoms with E-state index < -0.39 is 32.5 Å². The van der Waals surface area contributed by atoms with Gasteiger partial charge in [-0.25, -0.2) is 16.8 Å². The maximum Gasteiger partial charge on any atom is 0.264 e. The van der Waals surface area contributed by atoms with Crippen LogP contribution in [0.5, 0.6) is 5.75 Å². The second-order valence-corrected chi connectivity index (χ2v) is 12.9. The van der Waals surface area contributed by atoms with Crippen LogP contribution in [-0.2, 0) is 24.8 Å². The van der Waals surface area contributed by atoms with Crippen LogP contribution in [0.25, 0.3) is 0 Å². The number of hydrogen-bond acceptors (Lipinski definition) is 6. The maximum absolute atomic E-state index is 13.5. The summed E-state index contributed by atoms with van der Waals surface area (Å²) in [6, 6.07) is 26.4. The Morgan fingerprint density at radius 2 is 1.38 bits per heavy atom. The number of carbonyl (C=O) groups is 1. The van der Waals surface area contributed by atoms with E-state index in [1.165, 1.54) is 36.4 Å². The maximum atomic E-state index is 13.5. The molecule has 0 atom stereocenters. The molecule has 0 aliphatic rings. The number of sulfonamides is 2. The van der Waals surface area contributed by atoms with Gasteiger partial charge in [0.2, 0.25) is 5.91 Å². The molecule has 12 heteroatoms. The van der Waals surface area contributed by atoms with Crippen molar-refractivity contribution < 1.29 is 26.4 Å². The second kappa shape index (κ2) is 12.5. The van der Waals surface area contributed by atoms with E-state index >= 15 is 0 Å². The molecular formula is C28H26BrN3O6S2. The molecule has 0 heterocycles. The lowest BCUT2D eigenvalue weighted by molar-refractivity contribution is -0.114. The first kappa shape index (κ1) is 29.1. The Bertz CT molecular complexity index is 1660. The molecule has 0 aliphatic heterocycles. The highest BCUT2D eigenvalue weighted by Crippen LogP contribution is 2.26. The molecule has 2 N–H and O–H groups in total. The molecule has 9 nitrogen and oxygen atoms in total. The predicted molar refractivity (Wildman–Crippen MR) is 159 cm³/mol. The van der Waals surface area contributed by atoms with E-state index in [-0.39, 0.29) is 15.5 Å². The Labute approximate surface area is 242 Å². The molecule has 0 saturated carbocycles. The average Bonchev–Trinajstić information content (AvgIpc) is 2.94. The number of anilines is 3. The highest BCUT2D eigenvalue weighted by molar-refractivity contribution is 9.10. The van der Waals surface area contributed by atoms with Gasteiger partial charge in [-0.1, -0.05) is 34.1 Å². The number of rotatable bonds is 11. The van der Waals surface area contributed by atoms with Crippen molar-refractivity contribution in [2.75, 3.05) is 27.5 Å². The second-order valence-electron chi connectivity index (χ2n) is 8.44. The molecule has 0 aliphatic carbocycles. The number of amides is 1. The van der Waals surface area contributed by atoms with Crippen LogP contribution in [0, 0.1) is 0 Å². The van der Waals surface area contributed by atoms with E-state index in [1.54, 1.807) is 66.7 Å². The Balaban J connectivity index is 1.52. The molecule has 4 aromatic rings. The van der Waals surface area contributed by atoms with E-state index in [0.717, 1.165) is 8.78 Å². The van der Waals surface area contributed by atoms with Crippen molar-refractivity contribution in [3.63, 3.8) is 0 Å². The molecule has 4 aromatic carbocycles. The highest BCUT2D eigenvalue weighted by Gasteiger charge is 2.27. The number of benzene rings is 4. The SMILES string of the molecule is CCOc1ccc(N(CC(=O)Nc2ccc(S(=O)(=O)Nc3ccc(Br)cc3)cc2)S(=O)(=O)c2ccccc2)cc1. The van der Waals surface area contributed by atoms with Crippen LogP contribution in [0.4, 0.5) is 17.1 Å². The summed E-state index contributed by atoms with van der Waals surface area (Å²) in [4.78, 5) is 13.0. The molecule has 4 rings (SSSR count). The molecule has 0 saturated heterocycles. The summed E-state index contributed by atoms with van der Waals surface area (Å²) in [5, 5.41) is 2.64. The van der Waals surface area contributed by atoms with Gasteiger partial charge >= 0.3 is 0 Å².